The first-order valence-corrected chi connectivity index (χ1v) is 10.2. The maximum Gasteiger partial charge on any atom is 0.262 e. The van der Waals surface area contributed by atoms with Gasteiger partial charge in [-0.25, -0.2) is 0 Å². The van der Waals surface area contributed by atoms with E-state index in [1.165, 1.54) is 11.8 Å². The molecule has 0 fully saturated rings. The zero-order chi connectivity index (χ0) is 20.2. The molecule has 0 unspecified atom stereocenters. The summed E-state index contributed by atoms with van der Waals surface area (Å²) in [5.74, 6) is -0.307. The molecule has 3 aromatic carbocycles. The second kappa shape index (κ2) is 8.55. The van der Waals surface area contributed by atoms with Crippen LogP contribution in [0.2, 0.25) is 5.02 Å². The van der Waals surface area contributed by atoms with E-state index in [9.17, 15) is 9.59 Å². The van der Waals surface area contributed by atoms with Gasteiger partial charge in [-0.15, -0.1) is 0 Å². The summed E-state index contributed by atoms with van der Waals surface area (Å²) in [5.41, 5.74) is 3.09. The number of fused-ring (bicyclic) bond motifs is 1. The van der Waals surface area contributed by atoms with Crippen LogP contribution in [0.15, 0.2) is 82.6 Å². The summed E-state index contributed by atoms with van der Waals surface area (Å²) in [6.45, 7) is 0.362. The number of carbonyl (C=O) groups excluding carboxylic acids is 2. The average molecular weight is 421 g/mol. The Labute approximate surface area is 178 Å². The minimum Gasteiger partial charge on any atom is -0.348 e. The van der Waals surface area contributed by atoms with Gasteiger partial charge in [-0.1, -0.05) is 65.8 Å². The van der Waals surface area contributed by atoms with Crippen LogP contribution >= 0.6 is 23.4 Å². The van der Waals surface area contributed by atoms with E-state index in [1.807, 2.05) is 60.7 Å². The van der Waals surface area contributed by atoms with Gasteiger partial charge in [0.15, 0.2) is 0 Å². The zero-order valence-electron chi connectivity index (χ0n) is 15.3. The molecule has 1 aliphatic rings. The lowest BCUT2D eigenvalue weighted by Crippen LogP contribution is -2.22. The van der Waals surface area contributed by atoms with Gasteiger partial charge in [0.1, 0.15) is 0 Å². The van der Waals surface area contributed by atoms with Crippen LogP contribution in [-0.4, -0.2) is 11.8 Å². The van der Waals surface area contributed by atoms with Crippen LogP contribution in [0.1, 0.15) is 21.5 Å². The Morgan fingerprint density at radius 1 is 1.00 bits per heavy atom. The van der Waals surface area contributed by atoms with E-state index in [-0.39, 0.29) is 11.8 Å². The highest BCUT2D eigenvalue weighted by atomic mass is 35.5. The van der Waals surface area contributed by atoms with E-state index in [2.05, 4.69) is 10.6 Å². The molecule has 0 bridgehead atoms. The minimum absolute atomic E-state index is 0.129. The number of carbonyl (C=O) groups is 2. The minimum atomic E-state index is -0.178. The monoisotopic (exact) mass is 420 g/mol. The van der Waals surface area contributed by atoms with Crippen molar-refractivity contribution in [3.63, 3.8) is 0 Å². The highest BCUT2D eigenvalue weighted by Gasteiger charge is 2.20. The number of rotatable bonds is 4. The summed E-state index contributed by atoms with van der Waals surface area (Å²) in [6, 6.07) is 22.2. The molecule has 144 valence electrons. The predicted octanol–water partition coefficient (Wildman–Crippen LogP) is 5.36. The van der Waals surface area contributed by atoms with Crippen molar-refractivity contribution in [3.05, 3.63) is 99.4 Å². The molecule has 0 aliphatic carbocycles. The molecule has 4 nitrogen and oxygen atoms in total. The van der Waals surface area contributed by atoms with Crippen molar-refractivity contribution >= 4 is 46.9 Å². The molecule has 1 aliphatic heterocycles. The Morgan fingerprint density at radius 3 is 2.52 bits per heavy atom. The maximum atomic E-state index is 12.4. The summed E-state index contributed by atoms with van der Waals surface area (Å²) in [6.07, 6.45) is 1.82. The largest absolute Gasteiger partial charge is 0.348 e. The molecule has 2 amide bonds. The molecular weight excluding hydrogens is 404 g/mol. The number of hydrogen-bond donors (Lipinski definition) is 2. The Morgan fingerprint density at radius 2 is 1.72 bits per heavy atom. The number of amides is 2. The van der Waals surface area contributed by atoms with E-state index in [0.717, 1.165) is 21.7 Å². The molecule has 29 heavy (non-hydrogen) atoms. The fourth-order valence-electron chi connectivity index (χ4n) is 2.90. The molecule has 1 heterocycles. The third-order valence-corrected chi connectivity index (χ3v) is 5.91. The molecule has 2 N–H and O–H groups in total. The van der Waals surface area contributed by atoms with Crippen LogP contribution in [0.5, 0.6) is 0 Å². The van der Waals surface area contributed by atoms with E-state index in [1.54, 1.807) is 18.2 Å². The molecule has 0 aromatic heterocycles. The molecule has 0 saturated carbocycles. The second-order valence-corrected chi connectivity index (χ2v) is 7.95. The molecular formula is C23H17ClN2O2S. The van der Waals surface area contributed by atoms with Crippen LogP contribution in [0.4, 0.5) is 5.69 Å². The van der Waals surface area contributed by atoms with Crippen LogP contribution in [-0.2, 0) is 11.3 Å². The molecule has 0 radical (unpaired) electrons. The second-order valence-electron chi connectivity index (χ2n) is 6.46. The summed E-state index contributed by atoms with van der Waals surface area (Å²) in [5, 5.41) is 6.39. The lowest BCUT2D eigenvalue weighted by molar-refractivity contribution is -0.112. The van der Waals surface area contributed by atoms with Crippen molar-refractivity contribution in [2.45, 2.75) is 11.4 Å². The van der Waals surface area contributed by atoms with Gasteiger partial charge < -0.3 is 10.6 Å². The predicted molar refractivity (Wildman–Crippen MR) is 118 cm³/mol. The topological polar surface area (TPSA) is 58.2 Å². The fraction of sp³-hybridized carbons (Fsp3) is 0.0435. The zero-order valence-corrected chi connectivity index (χ0v) is 16.9. The lowest BCUT2D eigenvalue weighted by Gasteiger charge is -2.18. The first-order chi connectivity index (χ1) is 14.1. The van der Waals surface area contributed by atoms with Crippen molar-refractivity contribution in [2.24, 2.45) is 0 Å². The van der Waals surface area contributed by atoms with Gasteiger partial charge in [0, 0.05) is 22.0 Å². The SMILES string of the molecule is O=C1Nc2ccccc2S/C1=C/c1ccc(C(=O)NCc2ccccc2Cl)cc1. The van der Waals surface area contributed by atoms with E-state index < -0.39 is 0 Å². The number of anilines is 1. The summed E-state index contributed by atoms with van der Waals surface area (Å²) >= 11 is 7.55. The standard InChI is InChI=1S/C23H17ClN2O2S/c24-18-6-2-1-5-17(18)14-25-22(27)16-11-9-15(10-12-16)13-21-23(28)26-19-7-3-4-8-20(19)29-21/h1-13H,14H2,(H,25,27)(H,26,28)/b21-13+. The molecule has 0 spiro atoms. The molecule has 6 heteroatoms. The number of benzene rings is 3. The number of para-hydroxylation sites is 1. The van der Waals surface area contributed by atoms with Crippen LogP contribution < -0.4 is 10.6 Å². The highest BCUT2D eigenvalue weighted by molar-refractivity contribution is 8.04. The Hall–Kier alpha value is -3.02. The van der Waals surface area contributed by atoms with Gasteiger partial charge in [-0.2, -0.15) is 0 Å². The van der Waals surface area contributed by atoms with E-state index in [0.29, 0.717) is 22.0 Å². The molecule has 4 rings (SSSR count). The van der Waals surface area contributed by atoms with Gasteiger partial charge in [0.05, 0.1) is 10.6 Å². The fourth-order valence-corrected chi connectivity index (χ4v) is 4.06. The van der Waals surface area contributed by atoms with Gasteiger partial charge in [-0.05, 0) is 47.5 Å². The van der Waals surface area contributed by atoms with Gasteiger partial charge in [0.2, 0.25) is 0 Å². The van der Waals surface area contributed by atoms with Crippen molar-refractivity contribution < 1.29 is 9.59 Å². The third kappa shape index (κ3) is 4.53. The summed E-state index contributed by atoms with van der Waals surface area (Å²) in [7, 11) is 0. The smallest absolute Gasteiger partial charge is 0.262 e. The number of hydrogen-bond acceptors (Lipinski definition) is 3. The van der Waals surface area contributed by atoms with Crippen molar-refractivity contribution in [1.29, 1.82) is 0 Å². The van der Waals surface area contributed by atoms with Gasteiger partial charge in [0.25, 0.3) is 11.8 Å². The number of thioether (sulfide) groups is 1. The Bertz CT molecular complexity index is 1110. The highest BCUT2D eigenvalue weighted by Crippen LogP contribution is 2.38. The van der Waals surface area contributed by atoms with Gasteiger partial charge >= 0.3 is 0 Å². The average Bonchev–Trinajstić information content (AvgIpc) is 2.74. The Kier molecular flexibility index (Phi) is 5.69. The Balaban J connectivity index is 1.44. The van der Waals surface area contributed by atoms with E-state index in [4.69, 9.17) is 11.6 Å². The van der Waals surface area contributed by atoms with Crippen LogP contribution in [0.25, 0.3) is 6.08 Å². The summed E-state index contributed by atoms with van der Waals surface area (Å²) in [4.78, 5) is 26.3. The summed E-state index contributed by atoms with van der Waals surface area (Å²) < 4.78 is 0. The molecule has 0 saturated heterocycles. The normalized spacial score (nSPS) is 14.2. The third-order valence-electron chi connectivity index (χ3n) is 4.45. The van der Waals surface area contributed by atoms with Gasteiger partial charge in [-0.3, -0.25) is 9.59 Å². The van der Waals surface area contributed by atoms with Crippen molar-refractivity contribution in [1.82, 2.24) is 5.32 Å². The molecule has 0 atom stereocenters. The van der Waals surface area contributed by atoms with Crippen molar-refractivity contribution in [2.75, 3.05) is 5.32 Å². The quantitative estimate of drug-likeness (QED) is 0.559. The number of halogens is 1. The van der Waals surface area contributed by atoms with E-state index >= 15 is 0 Å². The molecule has 3 aromatic rings. The van der Waals surface area contributed by atoms with Crippen LogP contribution in [0, 0.1) is 0 Å². The lowest BCUT2D eigenvalue weighted by atomic mass is 10.1. The number of nitrogens with one attached hydrogen (secondary N) is 2. The van der Waals surface area contributed by atoms with Crippen molar-refractivity contribution in [3.8, 4) is 0 Å². The maximum absolute atomic E-state index is 12.4. The van der Waals surface area contributed by atoms with Crippen LogP contribution in [0.3, 0.4) is 0 Å². The first kappa shape index (κ1) is 19.3. The first-order valence-electron chi connectivity index (χ1n) is 9.02.